The molecule has 0 aliphatic heterocycles. The maximum Gasteiger partial charge on any atom is 0.148 e. The van der Waals surface area contributed by atoms with Crippen LogP contribution in [0.3, 0.4) is 0 Å². The summed E-state index contributed by atoms with van der Waals surface area (Å²) < 4.78 is 5.97. The molecular formula is C9H7BrN2O2. The highest BCUT2D eigenvalue weighted by atomic mass is 79.9. The first kappa shape index (κ1) is 9.21. The van der Waals surface area contributed by atoms with Crippen LogP contribution in [-0.4, -0.2) is 22.4 Å². The number of fused-ring (bicyclic) bond motifs is 1. The highest BCUT2D eigenvalue weighted by molar-refractivity contribution is 9.10. The molecule has 0 atom stereocenters. The van der Waals surface area contributed by atoms with Crippen LogP contribution in [-0.2, 0) is 0 Å². The molecule has 0 aliphatic carbocycles. The fourth-order valence-electron chi connectivity index (χ4n) is 1.28. The van der Waals surface area contributed by atoms with E-state index in [1.807, 2.05) is 0 Å². The summed E-state index contributed by atoms with van der Waals surface area (Å²) in [5.74, 6) is 0.640. The van der Waals surface area contributed by atoms with E-state index in [0.29, 0.717) is 16.7 Å². The van der Waals surface area contributed by atoms with Crippen LogP contribution in [0.15, 0.2) is 22.8 Å². The molecule has 0 fully saturated rings. The monoisotopic (exact) mass is 254 g/mol. The lowest BCUT2D eigenvalue weighted by Gasteiger charge is -2.06. The molecule has 2 rings (SSSR count). The molecule has 1 heterocycles. The summed E-state index contributed by atoms with van der Waals surface area (Å²) in [5.41, 5.74) is 0.594. The van der Waals surface area contributed by atoms with Gasteiger partial charge in [0.15, 0.2) is 0 Å². The van der Waals surface area contributed by atoms with Crippen molar-refractivity contribution in [2.24, 2.45) is 0 Å². The lowest BCUT2D eigenvalue weighted by Crippen LogP contribution is -1.89. The molecule has 0 saturated heterocycles. The first-order chi connectivity index (χ1) is 6.72. The van der Waals surface area contributed by atoms with Crippen molar-refractivity contribution in [1.82, 2.24) is 10.2 Å². The number of aromatic hydroxyl groups is 1. The Balaban J connectivity index is 2.88. The fraction of sp³-hybridized carbons (Fsp3) is 0.111. The minimum Gasteiger partial charge on any atom is -0.505 e. The van der Waals surface area contributed by atoms with Crippen LogP contribution < -0.4 is 4.74 Å². The molecule has 0 aliphatic rings. The fourth-order valence-corrected chi connectivity index (χ4v) is 1.70. The van der Waals surface area contributed by atoms with Gasteiger partial charge in [0.2, 0.25) is 0 Å². The van der Waals surface area contributed by atoms with Crippen molar-refractivity contribution in [3.05, 3.63) is 22.8 Å². The molecule has 1 aromatic carbocycles. The molecule has 14 heavy (non-hydrogen) atoms. The van der Waals surface area contributed by atoms with E-state index < -0.39 is 0 Å². The van der Waals surface area contributed by atoms with Crippen molar-refractivity contribution in [2.45, 2.75) is 0 Å². The smallest absolute Gasteiger partial charge is 0.148 e. The number of hydrogen-bond donors (Lipinski definition) is 1. The van der Waals surface area contributed by atoms with Gasteiger partial charge in [-0.2, -0.15) is 10.2 Å². The first-order valence-corrected chi connectivity index (χ1v) is 4.69. The van der Waals surface area contributed by atoms with E-state index in [-0.39, 0.29) is 5.75 Å². The molecule has 0 unspecified atom stereocenters. The van der Waals surface area contributed by atoms with Crippen molar-refractivity contribution in [1.29, 1.82) is 0 Å². The Bertz CT molecular complexity index is 487. The standard InChI is InChI=1S/C9H7BrN2O2/c1-14-8-3-5(10)2-6-9(8)7(13)4-11-12-6/h2-4H,1H3,(H,12,13). The summed E-state index contributed by atoms with van der Waals surface area (Å²) in [6.07, 6.45) is 1.29. The first-order valence-electron chi connectivity index (χ1n) is 3.90. The number of rotatable bonds is 1. The van der Waals surface area contributed by atoms with E-state index in [1.165, 1.54) is 6.20 Å². The number of methoxy groups -OCH3 is 1. The molecule has 72 valence electrons. The van der Waals surface area contributed by atoms with E-state index in [4.69, 9.17) is 4.74 Å². The SMILES string of the molecule is COc1cc(Br)cc2nncc(O)c12. The highest BCUT2D eigenvalue weighted by Gasteiger charge is 2.09. The number of halogens is 1. The second-order valence-corrected chi connectivity index (χ2v) is 3.65. The molecule has 1 aromatic heterocycles. The third-order valence-electron chi connectivity index (χ3n) is 1.87. The Kier molecular flexibility index (Phi) is 2.25. The Morgan fingerprint density at radius 3 is 2.93 bits per heavy atom. The van der Waals surface area contributed by atoms with Crippen molar-refractivity contribution in [2.75, 3.05) is 7.11 Å². The maximum atomic E-state index is 9.58. The van der Waals surface area contributed by atoms with E-state index in [0.717, 1.165) is 4.47 Å². The predicted molar refractivity (Wildman–Crippen MR) is 55.5 cm³/mol. The summed E-state index contributed by atoms with van der Waals surface area (Å²) in [6, 6.07) is 3.54. The van der Waals surface area contributed by atoms with Gasteiger partial charge in [0, 0.05) is 4.47 Å². The molecule has 0 spiro atoms. The Hall–Kier alpha value is -1.36. The van der Waals surface area contributed by atoms with Gasteiger partial charge in [-0.1, -0.05) is 15.9 Å². The van der Waals surface area contributed by atoms with Gasteiger partial charge in [0.05, 0.1) is 18.7 Å². The van der Waals surface area contributed by atoms with E-state index in [1.54, 1.807) is 19.2 Å². The van der Waals surface area contributed by atoms with E-state index in [9.17, 15) is 5.11 Å². The van der Waals surface area contributed by atoms with Gasteiger partial charge in [-0.25, -0.2) is 0 Å². The second-order valence-electron chi connectivity index (χ2n) is 2.73. The third-order valence-corrected chi connectivity index (χ3v) is 2.33. The molecule has 0 saturated carbocycles. The zero-order chi connectivity index (χ0) is 10.1. The lowest BCUT2D eigenvalue weighted by molar-refractivity contribution is 0.415. The van der Waals surface area contributed by atoms with Crippen LogP contribution in [0.4, 0.5) is 0 Å². The van der Waals surface area contributed by atoms with Crippen LogP contribution >= 0.6 is 15.9 Å². The van der Waals surface area contributed by atoms with Gasteiger partial charge < -0.3 is 9.84 Å². The average molecular weight is 255 g/mol. The van der Waals surface area contributed by atoms with Gasteiger partial charge in [-0.3, -0.25) is 0 Å². The molecule has 0 radical (unpaired) electrons. The summed E-state index contributed by atoms with van der Waals surface area (Å²) in [4.78, 5) is 0. The molecular weight excluding hydrogens is 248 g/mol. The molecule has 1 N–H and O–H groups in total. The van der Waals surface area contributed by atoms with Crippen LogP contribution in [0.5, 0.6) is 11.5 Å². The minimum absolute atomic E-state index is 0.0688. The third kappa shape index (κ3) is 1.39. The molecule has 0 amide bonds. The van der Waals surface area contributed by atoms with Crippen LogP contribution in [0.1, 0.15) is 0 Å². The zero-order valence-corrected chi connectivity index (χ0v) is 8.95. The predicted octanol–water partition coefficient (Wildman–Crippen LogP) is 2.11. The second kappa shape index (κ2) is 3.42. The number of nitrogens with zero attached hydrogens (tertiary/aromatic N) is 2. The van der Waals surface area contributed by atoms with Crippen molar-refractivity contribution < 1.29 is 9.84 Å². The summed E-state index contributed by atoms with van der Waals surface area (Å²) in [5, 5.41) is 17.7. The number of ether oxygens (including phenoxy) is 1. The van der Waals surface area contributed by atoms with E-state index >= 15 is 0 Å². The Morgan fingerprint density at radius 2 is 2.21 bits per heavy atom. The normalized spacial score (nSPS) is 10.4. The minimum atomic E-state index is 0.0688. The number of benzene rings is 1. The maximum absolute atomic E-state index is 9.58. The van der Waals surface area contributed by atoms with Crippen molar-refractivity contribution >= 4 is 26.8 Å². The molecule has 5 heteroatoms. The van der Waals surface area contributed by atoms with Crippen LogP contribution in [0.25, 0.3) is 10.9 Å². The Labute approximate surface area is 88.7 Å². The number of aromatic nitrogens is 2. The molecule has 0 bridgehead atoms. The quantitative estimate of drug-likeness (QED) is 0.847. The van der Waals surface area contributed by atoms with Crippen molar-refractivity contribution in [3.8, 4) is 11.5 Å². The average Bonchev–Trinajstić information content (AvgIpc) is 2.16. The molecule has 4 nitrogen and oxygen atoms in total. The zero-order valence-electron chi connectivity index (χ0n) is 7.36. The van der Waals surface area contributed by atoms with Gasteiger partial charge in [-0.05, 0) is 12.1 Å². The van der Waals surface area contributed by atoms with Gasteiger partial charge >= 0.3 is 0 Å². The summed E-state index contributed by atoms with van der Waals surface area (Å²) >= 11 is 3.32. The number of hydrogen-bond acceptors (Lipinski definition) is 4. The van der Waals surface area contributed by atoms with Crippen molar-refractivity contribution in [3.63, 3.8) is 0 Å². The van der Waals surface area contributed by atoms with E-state index in [2.05, 4.69) is 26.1 Å². The highest BCUT2D eigenvalue weighted by Crippen LogP contribution is 2.33. The topological polar surface area (TPSA) is 55.2 Å². The summed E-state index contributed by atoms with van der Waals surface area (Å²) in [6.45, 7) is 0. The van der Waals surface area contributed by atoms with Gasteiger partial charge in [0.1, 0.15) is 17.0 Å². The van der Waals surface area contributed by atoms with Crippen LogP contribution in [0, 0.1) is 0 Å². The van der Waals surface area contributed by atoms with Gasteiger partial charge in [0.25, 0.3) is 0 Å². The lowest BCUT2D eigenvalue weighted by atomic mass is 10.2. The Morgan fingerprint density at radius 1 is 1.43 bits per heavy atom. The summed E-state index contributed by atoms with van der Waals surface area (Å²) in [7, 11) is 1.54. The van der Waals surface area contributed by atoms with Gasteiger partial charge in [-0.15, -0.1) is 0 Å². The molecule has 2 aromatic rings. The van der Waals surface area contributed by atoms with Crippen LogP contribution in [0.2, 0.25) is 0 Å². The largest absolute Gasteiger partial charge is 0.505 e.